The molecule has 1 unspecified atom stereocenters. The predicted octanol–water partition coefficient (Wildman–Crippen LogP) is 1.70. The second kappa shape index (κ2) is 6.51. The fraction of sp³-hybridized carbons (Fsp3) is 0.733. The predicted molar refractivity (Wildman–Crippen MR) is 87.2 cm³/mol. The number of carbonyl (C=O) groups is 2. The average Bonchev–Trinajstić information content (AvgIpc) is 3.18. The summed E-state index contributed by atoms with van der Waals surface area (Å²) in [5.74, 6) is -1.31. The summed E-state index contributed by atoms with van der Waals surface area (Å²) in [4.78, 5) is 24.5. The van der Waals surface area contributed by atoms with Gasteiger partial charge in [-0.2, -0.15) is 0 Å². The maximum absolute atomic E-state index is 12.5. The van der Waals surface area contributed by atoms with E-state index in [4.69, 9.17) is 4.74 Å². The molecule has 0 heterocycles. The number of hydrogen-bond donors (Lipinski definition) is 2. The number of sulfonamides is 1. The van der Waals surface area contributed by atoms with E-state index in [2.05, 4.69) is 16.6 Å². The largest absolute Gasteiger partial charge is 0.444 e. The third-order valence-corrected chi connectivity index (χ3v) is 5.51. The Balaban J connectivity index is 2.95. The fourth-order valence-corrected chi connectivity index (χ4v) is 3.22. The number of carbonyl (C=O) groups excluding carboxylic acids is 2. The van der Waals surface area contributed by atoms with Crippen LogP contribution in [0.5, 0.6) is 0 Å². The van der Waals surface area contributed by atoms with Crippen LogP contribution in [0.2, 0.25) is 0 Å². The van der Waals surface area contributed by atoms with Crippen LogP contribution in [0.15, 0.2) is 12.7 Å². The second-order valence-corrected chi connectivity index (χ2v) is 8.99. The summed E-state index contributed by atoms with van der Waals surface area (Å²) in [5, 5.41) is 1.94. The van der Waals surface area contributed by atoms with E-state index in [1.165, 1.54) is 13.0 Å². The van der Waals surface area contributed by atoms with Crippen molar-refractivity contribution in [3.05, 3.63) is 12.7 Å². The van der Waals surface area contributed by atoms with Crippen LogP contribution in [0, 0.1) is 5.92 Å². The van der Waals surface area contributed by atoms with Crippen LogP contribution in [0.4, 0.5) is 4.79 Å². The number of hydrogen-bond acceptors (Lipinski definition) is 5. The van der Waals surface area contributed by atoms with Gasteiger partial charge in [0.1, 0.15) is 11.1 Å². The minimum atomic E-state index is -3.71. The van der Waals surface area contributed by atoms with Crippen LogP contribution >= 0.6 is 0 Å². The quantitative estimate of drug-likeness (QED) is 0.713. The van der Waals surface area contributed by atoms with E-state index < -0.39 is 44.3 Å². The minimum Gasteiger partial charge on any atom is -0.444 e. The minimum absolute atomic E-state index is 0.510. The molecular formula is C15H26N2O5S. The van der Waals surface area contributed by atoms with Gasteiger partial charge in [0.2, 0.25) is 10.0 Å². The molecule has 0 aliphatic heterocycles. The first-order valence-corrected chi connectivity index (χ1v) is 9.06. The van der Waals surface area contributed by atoms with Crippen LogP contribution in [-0.4, -0.2) is 36.8 Å². The fourth-order valence-electron chi connectivity index (χ4n) is 1.83. The molecule has 1 aliphatic rings. The highest BCUT2D eigenvalue weighted by molar-refractivity contribution is 7.90. The second-order valence-electron chi connectivity index (χ2n) is 7.03. The van der Waals surface area contributed by atoms with Crippen molar-refractivity contribution >= 4 is 22.0 Å². The highest BCUT2D eigenvalue weighted by Crippen LogP contribution is 2.28. The zero-order chi connectivity index (χ0) is 18.1. The topological polar surface area (TPSA) is 102 Å². The Bertz CT molecular complexity index is 589. The van der Waals surface area contributed by atoms with Gasteiger partial charge in [-0.15, -0.1) is 6.58 Å². The van der Waals surface area contributed by atoms with Crippen LogP contribution in [0.25, 0.3) is 0 Å². The Morgan fingerprint density at radius 3 is 2.17 bits per heavy atom. The summed E-state index contributed by atoms with van der Waals surface area (Å²) in [5.41, 5.74) is -2.23. The summed E-state index contributed by atoms with van der Waals surface area (Å²) < 4.78 is 31.2. The van der Waals surface area contributed by atoms with Crippen molar-refractivity contribution in [1.29, 1.82) is 0 Å². The van der Waals surface area contributed by atoms with Crippen molar-refractivity contribution in [2.24, 2.45) is 5.92 Å². The number of ether oxygens (including phenoxy) is 1. The van der Waals surface area contributed by atoms with Gasteiger partial charge in [0.05, 0.1) is 5.25 Å². The van der Waals surface area contributed by atoms with Gasteiger partial charge in [0.25, 0.3) is 5.91 Å². The SMILES string of the molecule is C=CC(C)[C@@](C)(NC(=O)OC(C)(C)C)C(=O)NS(=O)(=O)C1CC1. The van der Waals surface area contributed by atoms with Crippen LogP contribution in [-0.2, 0) is 19.6 Å². The van der Waals surface area contributed by atoms with Gasteiger partial charge in [-0.05, 0) is 40.5 Å². The zero-order valence-electron chi connectivity index (χ0n) is 14.3. The first-order chi connectivity index (χ1) is 10.3. The van der Waals surface area contributed by atoms with Crippen molar-refractivity contribution in [2.75, 3.05) is 0 Å². The molecule has 2 N–H and O–H groups in total. The molecule has 0 spiro atoms. The van der Waals surface area contributed by atoms with Crippen molar-refractivity contribution in [3.8, 4) is 0 Å². The highest BCUT2D eigenvalue weighted by Gasteiger charge is 2.45. The van der Waals surface area contributed by atoms with Gasteiger partial charge in [0, 0.05) is 5.92 Å². The van der Waals surface area contributed by atoms with E-state index in [0.29, 0.717) is 12.8 Å². The third-order valence-electron chi connectivity index (χ3n) is 3.69. The van der Waals surface area contributed by atoms with E-state index in [9.17, 15) is 18.0 Å². The lowest BCUT2D eigenvalue weighted by Crippen LogP contribution is -2.61. The monoisotopic (exact) mass is 346 g/mol. The summed E-state index contributed by atoms with van der Waals surface area (Å²) in [6, 6.07) is 0. The third kappa shape index (κ3) is 5.23. The molecule has 1 saturated carbocycles. The number of alkyl carbamates (subject to hydrolysis) is 1. The van der Waals surface area contributed by atoms with Gasteiger partial charge in [-0.25, -0.2) is 13.2 Å². The summed E-state index contributed by atoms with van der Waals surface area (Å²) in [6.45, 7) is 11.8. The van der Waals surface area contributed by atoms with Crippen LogP contribution in [0.3, 0.4) is 0 Å². The average molecular weight is 346 g/mol. The molecule has 0 radical (unpaired) electrons. The van der Waals surface area contributed by atoms with Crippen LogP contribution < -0.4 is 10.0 Å². The first-order valence-electron chi connectivity index (χ1n) is 7.51. The lowest BCUT2D eigenvalue weighted by Gasteiger charge is -2.34. The van der Waals surface area contributed by atoms with Crippen molar-refractivity contribution < 1.29 is 22.7 Å². The van der Waals surface area contributed by atoms with Crippen molar-refractivity contribution in [3.63, 3.8) is 0 Å². The standard InChI is InChI=1S/C15H26N2O5S/c1-7-10(2)15(6,16-13(19)22-14(3,4)5)12(18)17-23(20,21)11-8-9-11/h7,10-11H,1,8-9H2,2-6H3,(H,16,19)(H,17,18)/t10?,15-/m1/s1. The zero-order valence-corrected chi connectivity index (χ0v) is 15.1. The summed E-state index contributed by atoms with van der Waals surface area (Å²) in [6.07, 6.45) is 1.75. The Hall–Kier alpha value is -1.57. The Morgan fingerprint density at radius 2 is 1.78 bits per heavy atom. The molecule has 23 heavy (non-hydrogen) atoms. The molecule has 1 rings (SSSR count). The molecule has 0 saturated heterocycles. The van der Waals surface area contributed by atoms with Crippen molar-refractivity contribution in [2.45, 2.75) is 63.9 Å². The molecule has 2 amide bonds. The Labute approximate surface area is 137 Å². The van der Waals surface area contributed by atoms with Gasteiger partial charge in [-0.1, -0.05) is 13.0 Å². The number of amides is 2. The van der Waals surface area contributed by atoms with E-state index in [1.807, 2.05) is 0 Å². The first kappa shape index (κ1) is 19.5. The lowest BCUT2D eigenvalue weighted by molar-refractivity contribution is -0.126. The maximum atomic E-state index is 12.5. The molecule has 2 atom stereocenters. The number of nitrogens with one attached hydrogen (secondary N) is 2. The van der Waals surface area contributed by atoms with Gasteiger partial charge in [0.15, 0.2) is 0 Å². The van der Waals surface area contributed by atoms with E-state index in [-0.39, 0.29) is 0 Å². The highest BCUT2D eigenvalue weighted by atomic mass is 32.2. The van der Waals surface area contributed by atoms with E-state index >= 15 is 0 Å². The molecule has 0 aromatic rings. The molecule has 0 bridgehead atoms. The molecule has 132 valence electrons. The molecule has 7 nitrogen and oxygen atoms in total. The maximum Gasteiger partial charge on any atom is 0.408 e. The van der Waals surface area contributed by atoms with E-state index in [0.717, 1.165) is 0 Å². The molecular weight excluding hydrogens is 320 g/mol. The Kier molecular flexibility index (Phi) is 5.51. The normalized spacial score (nSPS) is 19.2. The molecule has 8 heteroatoms. The molecule has 0 aromatic carbocycles. The van der Waals surface area contributed by atoms with Gasteiger partial charge >= 0.3 is 6.09 Å². The van der Waals surface area contributed by atoms with Crippen LogP contribution in [0.1, 0.15) is 47.5 Å². The van der Waals surface area contributed by atoms with Crippen molar-refractivity contribution in [1.82, 2.24) is 10.0 Å². The van der Waals surface area contributed by atoms with Gasteiger partial charge < -0.3 is 10.1 Å². The van der Waals surface area contributed by atoms with E-state index in [1.54, 1.807) is 27.7 Å². The smallest absolute Gasteiger partial charge is 0.408 e. The van der Waals surface area contributed by atoms with Gasteiger partial charge in [-0.3, -0.25) is 9.52 Å². The molecule has 1 fully saturated rings. The molecule has 1 aliphatic carbocycles. The molecule has 0 aromatic heterocycles. The number of rotatable bonds is 6. The summed E-state index contributed by atoms with van der Waals surface area (Å²) >= 11 is 0. The lowest BCUT2D eigenvalue weighted by atomic mass is 9.86. The Morgan fingerprint density at radius 1 is 1.26 bits per heavy atom. The summed E-state index contributed by atoms with van der Waals surface area (Å²) in [7, 11) is -3.71.